The number of hydrogen-bond donors (Lipinski definition) is 1. The van der Waals surface area contributed by atoms with Crippen molar-refractivity contribution in [3.63, 3.8) is 0 Å². The van der Waals surface area contributed by atoms with Crippen molar-refractivity contribution in [3.8, 4) is 0 Å². The molecule has 0 amide bonds. The lowest BCUT2D eigenvalue weighted by molar-refractivity contribution is -0.387. The van der Waals surface area contributed by atoms with Crippen LogP contribution in [0.2, 0.25) is 0 Å². The van der Waals surface area contributed by atoms with Gasteiger partial charge in [-0.3, -0.25) is 10.1 Å². The van der Waals surface area contributed by atoms with Gasteiger partial charge in [-0.2, -0.15) is 4.31 Å². The molecule has 0 aliphatic carbocycles. The molecule has 110 valence electrons. The first kappa shape index (κ1) is 14.9. The Labute approximate surface area is 117 Å². The van der Waals surface area contributed by atoms with Crippen LogP contribution in [0.15, 0.2) is 29.2 Å². The standard InChI is InChI=1S/C12H17N3O4S/c1-12(2)8-14(7-11(12)13)20(18,19)10-6-4-3-5-9(10)15(16)17/h3-6,11H,7-8,13H2,1-2H3. The van der Waals surface area contributed by atoms with E-state index in [1.54, 1.807) is 0 Å². The predicted octanol–water partition coefficient (Wildman–Crippen LogP) is 0.953. The molecule has 1 unspecified atom stereocenters. The summed E-state index contributed by atoms with van der Waals surface area (Å²) in [6, 6.07) is 5.07. The highest BCUT2D eigenvalue weighted by atomic mass is 32.2. The fraction of sp³-hybridized carbons (Fsp3) is 0.500. The average Bonchev–Trinajstić information content (AvgIpc) is 2.64. The molecule has 2 N–H and O–H groups in total. The van der Waals surface area contributed by atoms with Gasteiger partial charge < -0.3 is 5.73 Å². The molecule has 0 aromatic heterocycles. The molecule has 1 heterocycles. The van der Waals surface area contributed by atoms with Gasteiger partial charge in [0.05, 0.1) is 4.92 Å². The maximum atomic E-state index is 12.6. The van der Waals surface area contributed by atoms with Crippen LogP contribution in [0, 0.1) is 15.5 Å². The number of nitrogens with zero attached hydrogens (tertiary/aromatic N) is 2. The van der Waals surface area contributed by atoms with Gasteiger partial charge in [-0.15, -0.1) is 0 Å². The Morgan fingerprint density at radius 2 is 2.00 bits per heavy atom. The average molecular weight is 299 g/mol. The molecule has 1 aliphatic heterocycles. The number of nitrogens with two attached hydrogens (primary N) is 1. The molecule has 7 nitrogen and oxygen atoms in total. The highest BCUT2D eigenvalue weighted by molar-refractivity contribution is 7.89. The zero-order valence-corrected chi connectivity index (χ0v) is 12.1. The highest BCUT2D eigenvalue weighted by Gasteiger charge is 2.44. The summed E-state index contributed by atoms with van der Waals surface area (Å²) in [5.74, 6) is 0. The van der Waals surface area contributed by atoms with Gasteiger partial charge >= 0.3 is 0 Å². The zero-order valence-electron chi connectivity index (χ0n) is 11.3. The van der Waals surface area contributed by atoms with E-state index < -0.39 is 20.6 Å². The third kappa shape index (κ3) is 2.41. The largest absolute Gasteiger partial charge is 0.326 e. The number of nitro benzene ring substituents is 1. The third-order valence-electron chi connectivity index (χ3n) is 3.67. The van der Waals surface area contributed by atoms with Crippen molar-refractivity contribution >= 4 is 15.7 Å². The summed E-state index contributed by atoms with van der Waals surface area (Å²) in [6.07, 6.45) is 0. The maximum Gasteiger partial charge on any atom is 0.289 e. The first-order chi connectivity index (χ1) is 9.16. The van der Waals surface area contributed by atoms with Gasteiger partial charge in [-0.05, 0) is 11.5 Å². The summed E-state index contributed by atoms with van der Waals surface area (Å²) in [5, 5.41) is 11.0. The number of para-hydroxylation sites is 1. The van der Waals surface area contributed by atoms with Crippen LogP contribution in [0.25, 0.3) is 0 Å². The molecule has 1 fully saturated rings. The molecule has 0 bridgehead atoms. The van der Waals surface area contributed by atoms with E-state index in [4.69, 9.17) is 5.73 Å². The van der Waals surface area contributed by atoms with E-state index in [0.717, 1.165) is 0 Å². The smallest absolute Gasteiger partial charge is 0.289 e. The highest BCUT2D eigenvalue weighted by Crippen LogP contribution is 2.34. The normalized spacial score (nSPS) is 22.9. The number of rotatable bonds is 3. The summed E-state index contributed by atoms with van der Waals surface area (Å²) in [6.45, 7) is 4.18. The minimum absolute atomic E-state index is 0.168. The van der Waals surface area contributed by atoms with Gasteiger partial charge in [0.2, 0.25) is 10.0 Å². The maximum absolute atomic E-state index is 12.6. The molecular weight excluding hydrogens is 282 g/mol. The third-order valence-corrected chi connectivity index (χ3v) is 5.53. The summed E-state index contributed by atoms with van der Waals surface area (Å²) in [5.41, 5.74) is 5.17. The lowest BCUT2D eigenvalue weighted by atomic mass is 9.89. The summed E-state index contributed by atoms with van der Waals surface area (Å²) in [4.78, 5) is 10.0. The second-order valence-electron chi connectivity index (χ2n) is 5.62. The van der Waals surface area contributed by atoms with Crippen LogP contribution in [0.3, 0.4) is 0 Å². The van der Waals surface area contributed by atoms with Gasteiger partial charge in [-0.1, -0.05) is 26.0 Å². The molecule has 0 spiro atoms. The Bertz CT molecular complexity index is 642. The zero-order chi connectivity index (χ0) is 15.1. The van der Waals surface area contributed by atoms with Crippen molar-refractivity contribution in [2.75, 3.05) is 13.1 Å². The van der Waals surface area contributed by atoms with Crippen molar-refractivity contribution < 1.29 is 13.3 Å². The Kier molecular flexibility index (Phi) is 3.57. The summed E-state index contributed by atoms with van der Waals surface area (Å²) in [7, 11) is -3.91. The molecule has 1 saturated heterocycles. The monoisotopic (exact) mass is 299 g/mol. The van der Waals surface area contributed by atoms with Crippen molar-refractivity contribution in [1.29, 1.82) is 0 Å². The van der Waals surface area contributed by atoms with Crippen LogP contribution in [-0.2, 0) is 10.0 Å². The molecule has 1 aromatic carbocycles. The quantitative estimate of drug-likeness (QED) is 0.660. The van der Waals surface area contributed by atoms with Crippen LogP contribution in [-0.4, -0.2) is 36.8 Å². The van der Waals surface area contributed by atoms with Gasteiger partial charge in [0.15, 0.2) is 4.90 Å². The van der Waals surface area contributed by atoms with E-state index in [-0.39, 0.29) is 29.4 Å². The minimum Gasteiger partial charge on any atom is -0.326 e. The number of nitro groups is 1. The molecule has 1 aliphatic rings. The first-order valence-electron chi connectivity index (χ1n) is 6.15. The van der Waals surface area contributed by atoms with E-state index in [1.807, 2.05) is 13.8 Å². The SMILES string of the molecule is CC1(C)CN(S(=O)(=O)c2ccccc2[N+](=O)[O-])CC1N. The lowest BCUT2D eigenvalue weighted by Crippen LogP contribution is -2.35. The summed E-state index contributed by atoms with van der Waals surface area (Å²) >= 11 is 0. The van der Waals surface area contributed by atoms with Crippen LogP contribution in [0.4, 0.5) is 5.69 Å². The lowest BCUT2D eigenvalue weighted by Gasteiger charge is -2.21. The van der Waals surface area contributed by atoms with E-state index >= 15 is 0 Å². The Morgan fingerprint density at radius 3 is 2.50 bits per heavy atom. The molecular formula is C12H17N3O4S. The van der Waals surface area contributed by atoms with Gasteiger partial charge in [-0.25, -0.2) is 8.42 Å². The van der Waals surface area contributed by atoms with E-state index in [9.17, 15) is 18.5 Å². The molecule has 8 heteroatoms. The molecule has 2 rings (SSSR count). The molecule has 1 aromatic rings. The first-order valence-corrected chi connectivity index (χ1v) is 7.59. The van der Waals surface area contributed by atoms with Crippen LogP contribution in [0.5, 0.6) is 0 Å². The Hall–Kier alpha value is -1.51. The second-order valence-corrected chi connectivity index (χ2v) is 7.52. The van der Waals surface area contributed by atoms with E-state index in [1.165, 1.54) is 28.6 Å². The predicted molar refractivity (Wildman–Crippen MR) is 73.6 cm³/mol. The van der Waals surface area contributed by atoms with Gasteiger partial charge in [0, 0.05) is 25.2 Å². The molecule has 20 heavy (non-hydrogen) atoms. The molecule has 1 atom stereocenters. The molecule has 0 radical (unpaired) electrons. The van der Waals surface area contributed by atoms with E-state index in [0.29, 0.717) is 0 Å². The Morgan fingerprint density at radius 1 is 1.40 bits per heavy atom. The van der Waals surface area contributed by atoms with Crippen LogP contribution < -0.4 is 5.73 Å². The van der Waals surface area contributed by atoms with E-state index in [2.05, 4.69) is 0 Å². The fourth-order valence-corrected chi connectivity index (χ4v) is 4.05. The second kappa shape index (κ2) is 4.80. The number of hydrogen-bond acceptors (Lipinski definition) is 5. The van der Waals surface area contributed by atoms with Crippen LogP contribution in [0.1, 0.15) is 13.8 Å². The van der Waals surface area contributed by atoms with Crippen molar-refractivity contribution in [3.05, 3.63) is 34.4 Å². The van der Waals surface area contributed by atoms with Crippen LogP contribution >= 0.6 is 0 Å². The molecule has 0 saturated carbocycles. The minimum atomic E-state index is -3.91. The number of benzene rings is 1. The van der Waals surface area contributed by atoms with Crippen molar-refractivity contribution in [2.24, 2.45) is 11.1 Å². The van der Waals surface area contributed by atoms with Gasteiger partial charge in [0.25, 0.3) is 5.69 Å². The fourth-order valence-electron chi connectivity index (χ4n) is 2.25. The topological polar surface area (TPSA) is 107 Å². The Balaban J connectivity index is 2.45. The van der Waals surface area contributed by atoms with Crippen molar-refractivity contribution in [1.82, 2.24) is 4.31 Å². The summed E-state index contributed by atoms with van der Waals surface area (Å²) < 4.78 is 26.3. The van der Waals surface area contributed by atoms with Crippen molar-refractivity contribution in [2.45, 2.75) is 24.8 Å². The number of sulfonamides is 1. The van der Waals surface area contributed by atoms with Gasteiger partial charge in [0.1, 0.15) is 0 Å².